The van der Waals surface area contributed by atoms with Gasteiger partial charge >= 0.3 is 0 Å². The number of amides is 1. The molecule has 1 fully saturated rings. The van der Waals surface area contributed by atoms with E-state index in [-0.39, 0.29) is 11.4 Å². The number of nitrogens with one attached hydrogen (secondary N) is 1. The maximum absolute atomic E-state index is 12.3. The summed E-state index contributed by atoms with van der Waals surface area (Å²) in [4.78, 5) is 12.3. The van der Waals surface area contributed by atoms with Crippen molar-refractivity contribution < 1.29 is 9.53 Å². The summed E-state index contributed by atoms with van der Waals surface area (Å²) in [5, 5.41) is 3.68. The van der Waals surface area contributed by atoms with E-state index in [1.54, 1.807) is 31.2 Å². The van der Waals surface area contributed by atoms with E-state index < -0.39 is 6.10 Å². The highest BCUT2D eigenvalue weighted by molar-refractivity contribution is 6.30. The van der Waals surface area contributed by atoms with Crippen LogP contribution >= 0.6 is 23.2 Å². The molecule has 1 saturated carbocycles. The molecule has 0 aliphatic heterocycles. The molecular weight excluding hydrogens is 309 g/mol. The summed E-state index contributed by atoms with van der Waals surface area (Å²) in [6.07, 6.45) is 4.72. The number of carbonyl (C=O) groups is 1. The zero-order valence-electron chi connectivity index (χ0n) is 12.2. The molecule has 1 aliphatic rings. The first-order valence-electron chi connectivity index (χ1n) is 7.35. The fraction of sp³-hybridized carbons (Fsp3) is 0.562. The molecule has 0 radical (unpaired) electrons. The molecule has 3 nitrogen and oxygen atoms in total. The molecule has 0 heterocycles. The summed E-state index contributed by atoms with van der Waals surface area (Å²) < 4.78 is 5.65. The minimum Gasteiger partial charge on any atom is -0.481 e. The summed E-state index contributed by atoms with van der Waals surface area (Å²) in [5.74, 6) is 0.911. The molecule has 1 N–H and O–H groups in total. The first-order valence-corrected chi connectivity index (χ1v) is 8.26. The third-order valence-corrected chi connectivity index (χ3v) is 4.68. The normalized spacial score (nSPS) is 18.8. The van der Waals surface area contributed by atoms with Gasteiger partial charge in [-0.1, -0.05) is 36.9 Å². The molecule has 1 unspecified atom stereocenters. The van der Waals surface area contributed by atoms with Gasteiger partial charge in [0.15, 0.2) is 6.10 Å². The van der Waals surface area contributed by atoms with Crippen LogP contribution in [0.1, 0.15) is 39.0 Å². The molecule has 1 atom stereocenters. The van der Waals surface area contributed by atoms with Gasteiger partial charge in [0.05, 0.1) is 5.54 Å². The Hall–Kier alpha value is -0.930. The number of halogens is 2. The second-order valence-electron chi connectivity index (χ2n) is 5.68. The lowest BCUT2D eigenvalue weighted by molar-refractivity contribution is -0.129. The van der Waals surface area contributed by atoms with Gasteiger partial charge in [-0.3, -0.25) is 4.79 Å². The second kappa shape index (κ2) is 7.37. The highest BCUT2D eigenvalue weighted by atomic mass is 35.5. The van der Waals surface area contributed by atoms with Crippen LogP contribution in [0.4, 0.5) is 0 Å². The number of rotatable bonds is 5. The smallest absolute Gasteiger partial charge is 0.261 e. The number of hydrogen-bond donors (Lipinski definition) is 1. The number of ether oxygens (including phenoxy) is 1. The van der Waals surface area contributed by atoms with Crippen molar-refractivity contribution in [2.45, 2.75) is 50.7 Å². The molecule has 21 heavy (non-hydrogen) atoms. The Bertz CT molecular complexity index is 487. The van der Waals surface area contributed by atoms with Gasteiger partial charge in [0.2, 0.25) is 0 Å². The van der Waals surface area contributed by atoms with Crippen molar-refractivity contribution in [1.82, 2.24) is 5.32 Å². The van der Waals surface area contributed by atoms with Crippen LogP contribution < -0.4 is 10.1 Å². The van der Waals surface area contributed by atoms with Crippen molar-refractivity contribution in [3.05, 3.63) is 29.3 Å². The molecule has 1 aromatic carbocycles. The van der Waals surface area contributed by atoms with E-state index in [1.807, 2.05) is 0 Å². The van der Waals surface area contributed by atoms with Crippen LogP contribution in [0, 0.1) is 0 Å². The third kappa shape index (κ3) is 4.52. The Morgan fingerprint density at radius 3 is 2.71 bits per heavy atom. The minimum atomic E-state index is -0.578. The van der Waals surface area contributed by atoms with Gasteiger partial charge in [-0.2, -0.15) is 0 Å². The lowest BCUT2D eigenvalue weighted by Gasteiger charge is -2.37. The minimum absolute atomic E-state index is 0.127. The van der Waals surface area contributed by atoms with Gasteiger partial charge in [-0.05, 0) is 38.0 Å². The first-order chi connectivity index (χ1) is 10.0. The Morgan fingerprint density at radius 2 is 2.10 bits per heavy atom. The molecule has 5 heteroatoms. The highest BCUT2D eigenvalue weighted by Crippen LogP contribution is 2.29. The van der Waals surface area contributed by atoms with Crippen molar-refractivity contribution in [2.24, 2.45) is 0 Å². The first kappa shape index (κ1) is 16.4. The number of carbonyl (C=O) groups excluding carboxylic acids is 1. The van der Waals surface area contributed by atoms with Gasteiger partial charge in [0.1, 0.15) is 5.75 Å². The van der Waals surface area contributed by atoms with Crippen LogP contribution in [-0.4, -0.2) is 23.4 Å². The van der Waals surface area contributed by atoms with Crippen LogP contribution in [0.2, 0.25) is 5.02 Å². The van der Waals surface area contributed by atoms with Crippen LogP contribution in [0.25, 0.3) is 0 Å². The summed E-state index contributed by atoms with van der Waals surface area (Å²) >= 11 is 12.0. The Morgan fingerprint density at radius 1 is 1.38 bits per heavy atom. The van der Waals surface area contributed by atoms with Crippen LogP contribution in [-0.2, 0) is 4.79 Å². The number of benzene rings is 1. The average Bonchev–Trinajstić information content (AvgIpc) is 2.48. The monoisotopic (exact) mass is 329 g/mol. The Balaban J connectivity index is 1.95. The van der Waals surface area contributed by atoms with Gasteiger partial charge < -0.3 is 10.1 Å². The van der Waals surface area contributed by atoms with E-state index >= 15 is 0 Å². The fourth-order valence-electron chi connectivity index (χ4n) is 2.68. The largest absolute Gasteiger partial charge is 0.481 e. The van der Waals surface area contributed by atoms with Gasteiger partial charge in [-0.25, -0.2) is 0 Å². The Kier molecular flexibility index (Phi) is 5.77. The highest BCUT2D eigenvalue weighted by Gasteiger charge is 2.34. The van der Waals surface area contributed by atoms with Gasteiger partial charge in [-0.15, -0.1) is 11.6 Å². The maximum atomic E-state index is 12.3. The maximum Gasteiger partial charge on any atom is 0.261 e. The fourth-order valence-corrected chi connectivity index (χ4v) is 3.20. The molecule has 2 rings (SSSR count). The number of alkyl halides is 1. The van der Waals surface area contributed by atoms with Crippen LogP contribution in [0.5, 0.6) is 5.75 Å². The Labute approximate surface area is 136 Å². The van der Waals surface area contributed by atoms with E-state index in [4.69, 9.17) is 27.9 Å². The number of hydrogen-bond acceptors (Lipinski definition) is 2. The zero-order chi connectivity index (χ0) is 15.3. The molecule has 0 saturated heterocycles. The zero-order valence-corrected chi connectivity index (χ0v) is 13.7. The lowest BCUT2D eigenvalue weighted by atomic mass is 9.83. The molecule has 116 valence electrons. The van der Waals surface area contributed by atoms with E-state index in [0.29, 0.717) is 16.7 Å². The van der Waals surface area contributed by atoms with Crippen molar-refractivity contribution >= 4 is 29.1 Å². The summed E-state index contributed by atoms with van der Waals surface area (Å²) in [6, 6.07) is 7.05. The molecule has 0 spiro atoms. The summed E-state index contributed by atoms with van der Waals surface area (Å²) in [6.45, 7) is 1.74. The second-order valence-corrected chi connectivity index (χ2v) is 6.39. The van der Waals surface area contributed by atoms with Gasteiger partial charge in [0.25, 0.3) is 5.91 Å². The van der Waals surface area contributed by atoms with Gasteiger partial charge in [0, 0.05) is 10.9 Å². The van der Waals surface area contributed by atoms with Crippen molar-refractivity contribution in [2.75, 3.05) is 5.88 Å². The predicted molar refractivity (Wildman–Crippen MR) is 86.2 cm³/mol. The topological polar surface area (TPSA) is 38.3 Å². The van der Waals surface area contributed by atoms with E-state index in [9.17, 15) is 4.79 Å². The summed E-state index contributed by atoms with van der Waals surface area (Å²) in [7, 11) is 0. The van der Waals surface area contributed by atoms with E-state index in [2.05, 4.69) is 5.32 Å². The van der Waals surface area contributed by atoms with Crippen molar-refractivity contribution in [1.29, 1.82) is 0 Å². The van der Waals surface area contributed by atoms with E-state index in [1.165, 1.54) is 6.42 Å². The van der Waals surface area contributed by atoms with E-state index in [0.717, 1.165) is 25.7 Å². The average molecular weight is 330 g/mol. The van der Waals surface area contributed by atoms with Crippen molar-refractivity contribution in [3.63, 3.8) is 0 Å². The van der Waals surface area contributed by atoms with Crippen molar-refractivity contribution in [3.8, 4) is 5.75 Å². The molecular formula is C16H21Cl2NO2. The van der Waals surface area contributed by atoms with Crippen LogP contribution in [0.15, 0.2) is 24.3 Å². The van der Waals surface area contributed by atoms with Crippen LogP contribution in [0.3, 0.4) is 0 Å². The molecule has 0 bridgehead atoms. The molecule has 1 aliphatic carbocycles. The summed E-state index contributed by atoms with van der Waals surface area (Å²) in [5.41, 5.74) is -0.275. The standard InChI is InChI=1S/C16H21Cl2NO2/c1-12(21-14-7-5-6-13(18)10-14)15(20)19-16(11-17)8-3-2-4-9-16/h5-7,10,12H,2-4,8-9,11H2,1H3,(H,19,20). The quantitative estimate of drug-likeness (QED) is 0.823. The lowest BCUT2D eigenvalue weighted by Crippen LogP contribution is -2.54. The SMILES string of the molecule is CC(Oc1cccc(Cl)c1)C(=O)NC1(CCl)CCCCC1. The third-order valence-electron chi connectivity index (χ3n) is 3.93. The molecule has 0 aromatic heterocycles. The molecule has 1 aromatic rings. The predicted octanol–water partition coefficient (Wildman–Crippen LogP) is 4.17. The molecule has 1 amide bonds.